The van der Waals surface area contributed by atoms with Crippen LogP contribution in [0.3, 0.4) is 0 Å². The molecule has 0 fully saturated rings. The van der Waals surface area contributed by atoms with Crippen molar-refractivity contribution in [2.45, 2.75) is 31.7 Å². The van der Waals surface area contributed by atoms with Crippen LogP contribution in [0.1, 0.15) is 24.1 Å². The molecule has 0 radical (unpaired) electrons. The van der Waals surface area contributed by atoms with Gasteiger partial charge in [0, 0.05) is 22.7 Å². The smallest absolute Gasteiger partial charge is 0.307 e. The topological polar surface area (TPSA) is 27.1 Å². The van der Waals surface area contributed by atoms with Crippen LogP contribution in [0.15, 0.2) is 36.4 Å². The third-order valence-corrected chi connectivity index (χ3v) is 5.93. The molecule has 0 spiro atoms. The fraction of sp³-hybridized carbons (Fsp3) is 0.286. The van der Waals surface area contributed by atoms with Gasteiger partial charge in [0.05, 0.1) is 15.7 Å². The van der Waals surface area contributed by atoms with Crippen molar-refractivity contribution in [3.05, 3.63) is 68.5 Å². The lowest BCUT2D eigenvalue weighted by Crippen LogP contribution is -2.24. The first-order valence-corrected chi connectivity index (χ1v) is 10.4. The minimum atomic E-state index is -3.48. The van der Waals surface area contributed by atoms with E-state index >= 15 is 0 Å². The summed E-state index contributed by atoms with van der Waals surface area (Å²) >= 11 is 18.2. The van der Waals surface area contributed by atoms with Crippen LogP contribution >= 0.6 is 34.8 Å². The Kier molecular flexibility index (Phi) is 5.93. The summed E-state index contributed by atoms with van der Waals surface area (Å²) in [5.74, 6) is -4.02. The molecule has 0 N–H and O–H groups in total. The summed E-state index contributed by atoms with van der Waals surface area (Å²) in [4.78, 5) is 0. The van der Waals surface area contributed by atoms with Gasteiger partial charge < -0.3 is 4.74 Å². The number of benzene rings is 2. The molecule has 0 aliphatic carbocycles. The molecule has 2 aromatic carbocycles. The number of hydrogen-bond donors (Lipinski definition) is 0. The van der Waals surface area contributed by atoms with Crippen LogP contribution in [-0.4, -0.2) is 16.4 Å². The third kappa shape index (κ3) is 4.13. The van der Waals surface area contributed by atoms with Crippen LogP contribution in [0.2, 0.25) is 15.1 Å². The molecule has 0 saturated carbocycles. The molecule has 1 aliphatic rings. The number of alkyl halides is 2. The first-order chi connectivity index (χ1) is 14.3. The number of halogens is 6. The van der Waals surface area contributed by atoms with Gasteiger partial charge >= 0.3 is 5.92 Å². The van der Waals surface area contributed by atoms with Crippen LogP contribution in [-0.2, 0) is 18.9 Å². The highest BCUT2D eigenvalue weighted by atomic mass is 35.5. The first-order valence-electron chi connectivity index (χ1n) is 9.27. The lowest BCUT2D eigenvalue weighted by atomic mass is 10.0. The van der Waals surface area contributed by atoms with E-state index in [9.17, 15) is 13.2 Å². The Bertz CT molecular complexity index is 1080. The van der Waals surface area contributed by atoms with Crippen molar-refractivity contribution in [3.8, 4) is 17.0 Å². The maximum Gasteiger partial charge on any atom is 0.307 e. The van der Waals surface area contributed by atoms with Crippen molar-refractivity contribution in [2.24, 2.45) is 0 Å². The molecule has 4 rings (SSSR count). The molecule has 0 saturated heterocycles. The Morgan fingerprint density at radius 2 is 1.80 bits per heavy atom. The van der Waals surface area contributed by atoms with Crippen molar-refractivity contribution in [3.63, 3.8) is 0 Å². The summed E-state index contributed by atoms with van der Waals surface area (Å²) in [6, 6.07) is 7.87. The van der Waals surface area contributed by atoms with Gasteiger partial charge in [0.2, 0.25) is 0 Å². The van der Waals surface area contributed by atoms with Crippen molar-refractivity contribution in [1.29, 1.82) is 0 Å². The molecule has 1 aromatic heterocycles. The molecule has 3 aromatic rings. The number of hydrogen-bond acceptors (Lipinski definition) is 2. The van der Waals surface area contributed by atoms with E-state index in [0.29, 0.717) is 18.0 Å². The maximum atomic E-state index is 14.9. The van der Waals surface area contributed by atoms with Crippen molar-refractivity contribution < 1.29 is 17.9 Å². The minimum Gasteiger partial charge on any atom is -0.487 e. The Morgan fingerprint density at radius 3 is 2.50 bits per heavy atom. The van der Waals surface area contributed by atoms with E-state index in [4.69, 9.17) is 39.5 Å². The normalized spacial score (nSPS) is 13.9. The third-order valence-electron chi connectivity index (χ3n) is 4.97. The summed E-state index contributed by atoms with van der Waals surface area (Å²) in [5.41, 5.74) is 0.245. The zero-order chi connectivity index (χ0) is 21.5. The average molecular weight is 476 g/mol. The fourth-order valence-corrected chi connectivity index (χ4v) is 4.16. The lowest BCUT2D eigenvalue weighted by Gasteiger charge is -2.20. The van der Waals surface area contributed by atoms with Crippen molar-refractivity contribution in [1.82, 2.24) is 9.78 Å². The van der Waals surface area contributed by atoms with Gasteiger partial charge in [0.25, 0.3) is 0 Å². The second-order valence-corrected chi connectivity index (χ2v) is 8.27. The number of ether oxygens (including phenoxy) is 1. The first kappa shape index (κ1) is 21.3. The predicted molar refractivity (Wildman–Crippen MR) is 111 cm³/mol. The number of rotatable bonds is 5. The van der Waals surface area contributed by atoms with E-state index in [1.54, 1.807) is 4.68 Å². The van der Waals surface area contributed by atoms with E-state index in [0.717, 1.165) is 30.7 Å². The standard InChI is InChI=1S/C21H16Cl3F3N2O/c22-12-4-6-13(7-5-12)30-11-21(26,27)15-9-14(17(25)10-16(15)23)20-19(24)18-3-1-2-8-29(18)28-20/h4-7,9-10H,1-3,8,11H2. The van der Waals surface area contributed by atoms with Crippen LogP contribution in [0, 0.1) is 5.82 Å². The molecule has 0 atom stereocenters. The molecule has 1 aliphatic heterocycles. The van der Waals surface area contributed by atoms with Gasteiger partial charge in [0.15, 0.2) is 6.61 Å². The van der Waals surface area contributed by atoms with E-state index in [1.165, 1.54) is 24.3 Å². The largest absolute Gasteiger partial charge is 0.487 e. The highest BCUT2D eigenvalue weighted by Crippen LogP contribution is 2.40. The summed E-state index contributed by atoms with van der Waals surface area (Å²) in [6.45, 7) is -0.324. The zero-order valence-corrected chi connectivity index (χ0v) is 17.8. The molecule has 0 amide bonds. The Hall–Kier alpha value is -1.89. The van der Waals surface area contributed by atoms with Gasteiger partial charge in [0.1, 0.15) is 17.3 Å². The number of fused-ring (bicyclic) bond motifs is 1. The second-order valence-electron chi connectivity index (χ2n) is 7.05. The quantitative estimate of drug-likeness (QED) is 0.391. The molecule has 30 heavy (non-hydrogen) atoms. The number of aryl methyl sites for hydroxylation is 1. The maximum absolute atomic E-state index is 14.9. The van der Waals surface area contributed by atoms with Crippen molar-refractivity contribution in [2.75, 3.05) is 6.61 Å². The number of nitrogens with zero attached hydrogens (tertiary/aromatic N) is 2. The Morgan fingerprint density at radius 1 is 1.07 bits per heavy atom. The van der Waals surface area contributed by atoms with Crippen molar-refractivity contribution >= 4 is 34.8 Å². The summed E-state index contributed by atoms with van der Waals surface area (Å²) in [5, 5.41) is 4.69. The highest BCUT2D eigenvalue weighted by molar-refractivity contribution is 6.34. The summed E-state index contributed by atoms with van der Waals surface area (Å²) in [7, 11) is 0. The van der Waals surface area contributed by atoms with Gasteiger partial charge in [-0.2, -0.15) is 13.9 Å². The lowest BCUT2D eigenvalue weighted by molar-refractivity contribution is -0.0466. The van der Waals surface area contributed by atoms with Crippen LogP contribution in [0.4, 0.5) is 13.2 Å². The monoisotopic (exact) mass is 474 g/mol. The predicted octanol–water partition coefficient (Wildman–Crippen LogP) is 7.16. The zero-order valence-electron chi connectivity index (χ0n) is 15.6. The van der Waals surface area contributed by atoms with Gasteiger partial charge in [-0.05, 0) is 55.7 Å². The van der Waals surface area contributed by atoms with Crippen LogP contribution in [0.5, 0.6) is 5.75 Å². The molecule has 0 bridgehead atoms. The van der Waals surface area contributed by atoms with Crippen LogP contribution in [0.25, 0.3) is 11.3 Å². The fourth-order valence-electron chi connectivity index (χ4n) is 3.42. The van der Waals surface area contributed by atoms with E-state index in [-0.39, 0.29) is 22.0 Å². The molecular formula is C21H16Cl3F3N2O. The van der Waals surface area contributed by atoms with Gasteiger partial charge in [-0.15, -0.1) is 0 Å². The highest BCUT2D eigenvalue weighted by Gasteiger charge is 2.37. The van der Waals surface area contributed by atoms with E-state index < -0.39 is 28.9 Å². The molecule has 0 unspecified atom stereocenters. The molecule has 3 nitrogen and oxygen atoms in total. The second kappa shape index (κ2) is 8.33. The minimum absolute atomic E-state index is 0.118. The SMILES string of the molecule is Fc1cc(Cl)c(C(F)(F)COc2ccc(Cl)cc2)cc1-c1nn2c(c1Cl)CCCC2. The van der Waals surface area contributed by atoms with Gasteiger partial charge in [-0.3, -0.25) is 4.68 Å². The molecular weight excluding hydrogens is 460 g/mol. The van der Waals surface area contributed by atoms with Gasteiger partial charge in [-0.25, -0.2) is 4.39 Å². The summed E-state index contributed by atoms with van der Waals surface area (Å²) < 4.78 is 51.4. The Labute approximate surface area is 186 Å². The van der Waals surface area contributed by atoms with E-state index in [2.05, 4.69) is 5.10 Å². The van der Waals surface area contributed by atoms with Crippen LogP contribution < -0.4 is 4.74 Å². The molecule has 9 heteroatoms. The molecule has 2 heterocycles. The summed E-state index contributed by atoms with van der Waals surface area (Å²) in [6.07, 6.45) is 2.58. The molecule has 158 valence electrons. The Balaban J connectivity index is 1.67. The number of aromatic nitrogens is 2. The van der Waals surface area contributed by atoms with Gasteiger partial charge in [-0.1, -0.05) is 34.8 Å². The average Bonchev–Trinajstić information content (AvgIpc) is 3.04. The van der Waals surface area contributed by atoms with E-state index in [1.807, 2.05) is 0 Å².